The Hall–Kier alpha value is -2.40. The van der Waals surface area contributed by atoms with Gasteiger partial charge in [0.25, 0.3) is 0 Å². The van der Waals surface area contributed by atoms with Crippen molar-refractivity contribution in [1.82, 2.24) is 4.90 Å². The molecule has 2 rings (SSSR count). The standard InChI is InChI=1S/C22H21Cl2F3N2O2/c1-3-29(4-2)11-12-31-20-9-8-17(14-19(20)24)28-21(30)10-6-15-5-7-16(13-18(15)23)22(25,26)27/h5,7-9,13-14H,3-4,11-12H2,1-2H3,(H,28,30). The number of hydrogen-bond acceptors (Lipinski definition) is 3. The predicted octanol–water partition coefficient (Wildman–Crippen LogP) is 5.72. The summed E-state index contributed by atoms with van der Waals surface area (Å²) in [5.41, 5.74) is -0.375. The molecule has 1 amide bonds. The monoisotopic (exact) mass is 472 g/mol. The Morgan fingerprint density at radius 3 is 2.39 bits per heavy atom. The van der Waals surface area contributed by atoms with Crippen molar-refractivity contribution in [1.29, 1.82) is 0 Å². The molecule has 0 aromatic heterocycles. The van der Waals surface area contributed by atoms with E-state index in [9.17, 15) is 18.0 Å². The first-order chi connectivity index (χ1) is 14.6. The summed E-state index contributed by atoms with van der Waals surface area (Å²) in [6, 6.07) is 7.52. The zero-order valence-electron chi connectivity index (χ0n) is 16.9. The van der Waals surface area contributed by atoms with Gasteiger partial charge in [0, 0.05) is 23.7 Å². The quantitative estimate of drug-likeness (QED) is 0.523. The Balaban J connectivity index is 1.98. The summed E-state index contributed by atoms with van der Waals surface area (Å²) in [6.07, 6.45) is -4.51. The number of amides is 1. The van der Waals surface area contributed by atoms with E-state index in [1.807, 2.05) is 0 Å². The van der Waals surface area contributed by atoms with Gasteiger partial charge in [-0.3, -0.25) is 4.79 Å². The van der Waals surface area contributed by atoms with Gasteiger partial charge in [-0.05, 0) is 49.5 Å². The summed E-state index contributed by atoms with van der Waals surface area (Å²) in [6.45, 7) is 7.25. The smallest absolute Gasteiger partial charge is 0.416 e. The number of anilines is 1. The number of ether oxygens (including phenoxy) is 1. The predicted molar refractivity (Wildman–Crippen MR) is 117 cm³/mol. The number of likely N-dealkylation sites (N-methyl/N-ethyl adjacent to an activating group) is 1. The van der Waals surface area contributed by atoms with Gasteiger partial charge >= 0.3 is 12.1 Å². The van der Waals surface area contributed by atoms with Gasteiger partial charge in [-0.15, -0.1) is 0 Å². The average molecular weight is 473 g/mol. The minimum atomic E-state index is -4.51. The lowest BCUT2D eigenvalue weighted by Crippen LogP contribution is -2.27. The topological polar surface area (TPSA) is 41.6 Å². The molecule has 0 atom stereocenters. The Morgan fingerprint density at radius 1 is 1.10 bits per heavy atom. The maximum atomic E-state index is 12.7. The van der Waals surface area contributed by atoms with Crippen LogP contribution in [-0.4, -0.2) is 37.0 Å². The van der Waals surface area contributed by atoms with Crippen LogP contribution in [0.5, 0.6) is 5.75 Å². The average Bonchev–Trinajstić information content (AvgIpc) is 2.71. The molecule has 9 heteroatoms. The van der Waals surface area contributed by atoms with Gasteiger partial charge in [-0.1, -0.05) is 43.0 Å². The van der Waals surface area contributed by atoms with Gasteiger partial charge in [0.05, 0.1) is 15.6 Å². The van der Waals surface area contributed by atoms with Crippen LogP contribution in [0, 0.1) is 11.8 Å². The van der Waals surface area contributed by atoms with E-state index in [0.29, 0.717) is 23.1 Å². The molecule has 0 unspecified atom stereocenters. The van der Waals surface area contributed by atoms with E-state index in [4.69, 9.17) is 27.9 Å². The molecular formula is C22H21Cl2F3N2O2. The Kier molecular flexibility index (Phi) is 9.05. The van der Waals surface area contributed by atoms with Crippen LogP contribution in [0.3, 0.4) is 0 Å². The highest BCUT2D eigenvalue weighted by molar-refractivity contribution is 6.32. The highest BCUT2D eigenvalue weighted by Crippen LogP contribution is 2.32. The molecule has 0 fully saturated rings. The molecule has 0 radical (unpaired) electrons. The second-order valence-corrected chi connectivity index (χ2v) is 7.23. The summed E-state index contributed by atoms with van der Waals surface area (Å²) >= 11 is 12.0. The second kappa shape index (κ2) is 11.3. The van der Waals surface area contributed by atoms with Crippen LogP contribution >= 0.6 is 23.2 Å². The van der Waals surface area contributed by atoms with E-state index >= 15 is 0 Å². The van der Waals surface area contributed by atoms with E-state index in [-0.39, 0.29) is 10.6 Å². The number of alkyl halides is 3. The molecule has 0 aliphatic rings. The van der Waals surface area contributed by atoms with Crippen molar-refractivity contribution >= 4 is 34.8 Å². The summed E-state index contributed by atoms with van der Waals surface area (Å²) in [5, 5.41) is 2.68. The van der Waals surface area contributed by atoms with E-state index in [1.54, 1.807) is 12.1 Å². The number of carbonyl (C=O) groups excluding carboxylic acids is 1. The molecule has 4 nitrogen and oxygen atoms in total. The lowest BCUT2D eigenvalue weighted by atomic mass is 10.1. The zero-order valence-corrected chi connectivity index (χ0v) is 18.5. The number of rotatable bonds is 7. The number of nitrogens with zero attached hydrogens (tertiary/aromatic N) is 1. The molecule has 0 spiro atoms. The highest BCUT2D eigenvalue weighted by atomic mass is 35.5. The van der Waals surface area contributed by atoms with Crippen LogP contribution in [0.1, 0.15) is 25.0 Å². The third kappa shape index (κ3) is 7.66. The van der Waals surface area contributed by atoms with Gasteiger partial charge in [-0.2, -0.15) is 13.2 Å². The van der Waals surface area contributed by atoms with Gasteiger partial charge in [0.2, 0.25) is 0 Å². The van der Waals surface area contributed by atoms with Crippen molar-refractivity contribution < 1.29 is 22.7 Å². The normalized spacial score (nSPS) is 11.1. The number of hydrogen-bond donors (Lipinski definition) is 1. The molecule has 166 valence electrons. The first-order valence-electron chi connectivity index (χ1n) is 9.48. The van der Waals surface area contributed by atoms with E-state index in [2.05, 4.69) is 35.9 Å². The number of benzene rings is 2. The maximum Gasteiger partial charge on any atom is 0.416 e. The van der Waals surface area contributed by atoms with E-state index in [1.165, 1.54) is 6.07 Å². The molecule has 31 heavy (non-hydrogen) atoms. The lowest BCUT2D eigenvalue weighted by molar-refractivity contribution is -0.137. The van der Waals surface area contributed by atoms with Crippen molar-refractivity contribution in [2.75, 3.05) is 31.6 Å². The minimum absolute atomic E-state index is 0.111. The molecule has 0 bridgehead atoms. The molecule has 0 aliphatic carbocycles. The second-order valence-electron chi connectivity index (χ2n) is 6.42. The fraction of sp³-hybridized carbons (Fsp3) is 0.318. The number of halogens is 5. The molecule has 2 aromatic carbocycles. The van der Waals surface area contributed by atoms with Crippen molar-refractivity contribution in [3.05, 3.63) is 57.6 Å². The Morgan fingerprint density at radius 2 is 1.81 bits per heavy atom. The van der Waals surface area contributed by atoms with E-state index < -0.39 is 17.6 Å². The third-order valence-corrected chi connectivity index (χ3v) is 4.96. The number of nitrogens with one attached hydrogen (secondary N) is 1. The Labute approximate surface area is 189 Å². The maximum absolute atomic E-state index is 12.7. The molecule has 1 N–H and O–H groups in total. The molecular weight excluding hydrogens is 452 g/mol. The van der Waals surface area contributed by atoms with Crippen molar-refractivity contribution in [3.63, 3.8) is 0 Å². The van der Waals surface area contributed by atoms with Gasteiger partial charge in [0.1, 0.15) is 12.4 Å². The van der Waals surface area contributed by atoms with Gasteiger partial charge in [-0.25, -0.2) is 0 Å². The molecule has 2 aromatic rings. The van der Waals surface area contributed by atoms with Crippen LogP contribution in [0.25, 0.3) is 0 Å². The minimum Gasteiger partial charge on any atom is -0.491 e. The molecule has 0 saturated heterocycles. The van der Waals surface area contributed by atoms with Crippen LogP contribution in [0.4, 0.5) is 18.9 Å². The van der Waals surface area contributed by atoms with E-state index in [0.717, 1.165) is 37.8 Å². The Bertz CT molecular complexity index is 981. The molecule has 0 aliphatic heterocycles. The summed E-state index contributed by atoms with van der Waals surface area (Å²) in [4.78, 5) is 14.3. The fourth-order valence-corrected chi connectivity index (χ4v) is 3.06. The fourth-order valence-electron chi connectivity index (χ4n) is 2.60. The summed E-state index contributed by atoms with van der Waals surface area (Å²) in [7, 11) is 0. The van der Waals surface area contributed by atoms with Gasteiger partial charge in [0.15, 0.2) is 0 Å². The van der Waals surface area contributed by atoms with Crippen molar-refractivity contribution in [3.8, 4) is 17.6 Å². The largest absolute Gasteiger partial charge is 0.491 e. The zero-order chi connectivity index (χ0) is 23.0. The summed E-state index contributed by atoms with van der Waals surface area (Å²) < 4.78 is 43.7. The van der Waals surface area contributed by atoms with Gasteiger partial charge < -0.3 is 15.0 Å². The van der Waals surface area contributed by atoms with Crippen LogP contribution in [0.2, 0.25) is 10.0 Å². The number of carbonyl (C=O) groups is 1. The molecule has 0 heterocycles. The van der Waals surface area contributed by atoms with Crippen LogP contribution in [0.15, 0.2) is 36.4 Å². The first-order valence-corrected chi connectivity index (χ1v) is 10.2. The third-order valence-electron chi connectivity index (χ3n) is 4.36. The van der Waals surface area contributed by atoms with Crippen molar-refractivity contribution in [2.45, 2.75) is 20.0 Å². The van der Waals surface area contributed by atoms with Crippen LogP contribution < -0.4 is 10.1 Å². The summed E-state index contributed by atoms with van der Waals surface area (Å²) in [5.74, 6) is 4.59. The highest BCUT2D eigenvalue weighted by Gasteiger charge is 2.30. The first kappa shape index (κ1) is 24.9. The lowest BCUT2D eigenvalue weighted by Gasteiger charge is -2.18. The SMILES string of the molecule is CCN(CC)CCOc1ccc(NC(=O)C#Cc2ccc(C(F)(F)F)cc2Cl)cc1Cl. The van der Waals surface area contributed by atoms with Crippen LogP contribution in [-0.2, 0) is 11.0 Å². The van der Waals surface area contributed by atoms with Crippen molar-refractivity contribution in [2.24, 2.45) is 0 Å². The molecule has 0 saturated carbocycles.